The highest BCUT2D eigenvalue weighted by molar-refractivity contribution is 5.55. The second kappa shape index (κ2) is 7.08. The van der Waals surface area contributed by atoms with E-state index in [1.54, 1.807) is 12.1 Å². The van der Waals surface area contributed by atoms with Crippen LogP contribution in [-0.4, -0.2) is 47.8 Å². The third-order valence-electron chi connectivity index (χ3n) is 4.16. The van der Waals surface area contributed by atoms with Crippen LogP contribution in [0.3, 0.4) is 0 Å². The van der Waals surface area contributed by atoms with Crippen molar-refractivity contribution in [3.05, 3.63) is 30.1 Å². The fraction of sp³-hybridized carbons (Fsp3) is 0.529. The van der Waals surface area contributed by atoms with Gasteiger partial charge in [-0.1, -0.05) is 31.1 Å². The second-order valence-electron chi connectivity index (χ2n) is 6.42. The zero-order valence-corrected chi connectivity index (χ0v) is 13.7. The van der Waals surface area contributed by atoms with E-state index in [1.165, 1.54) is 18.6 Å². The molecular weight excluding hydrogens is 295 g/mol. The first-order valence-electron chi connectivity index (χ1n) is 8.19. The summed E-state index contributed by atoms with van der Waals surface area (Å²) in [5.74, 6) is 0.868. The third-order valence-corrected chi connectivity index (χ3v) is 4.16. The molecular formula is C17H23FN4O. The lowest BCUT2D eigenvalue weighted by Gasteiger charge is -2.33. The zero-order valence-electron chi connectivity index (χ0n) is 13.7. The molecule has 23 heavy (non-hydrogen) atoms. The molecule has 0 amide bonds. The van der Waals surface area contributed by atoms with Gasteiger partial charge in [0.15, 0.2) is 0 Å². The lowest BCUT2D eigenvalue weighted by Crippen LogP contribution is -2.46. The Balaban J connectivity index is 1.59. The van der Waals surface area contributed by atoms with Gasteiger partial charge in [-0.05, 0) is 31.0 Å². The molecule has 0 radical (unpaired) electrons. The van der Waals surface area contributed by atoms with Crippen LogP contribution in [0.2, 0.25) is 0 Å². The van der Waals surface area contributed by atoms with Gasteiger partial charge in [0, 0.05) is 31.7 Å². The summed E-state index contributed by atoms with van der Waals surface area (Å²) in [5, 5.41) is 3.97. The molecule has 0 saturated carbocycles. The van der Waals surface area contributed by atoms with Gasteiger partial charge in [-0.15, -0.1) is 0 Å². The number of piperazine rings is 1. The average Bonchev–Trinajstić information content (AvgIpc) is 3.03. The highest BCUT2D eigenvalue weighted by atomic mass is 19.1. The number of rotatable bonds is 5. The maximum atomic E-state index is 13.3. The summed E-state index contributed by atoms with van der Waals surface area (Å²) >= 11 is 0. The summed E-state index contributed by atoms with van der Waals surface area (Å²) in [6, 6.07) is 6.77. The molecule has 0 aliphatic carbocycles. The third kappa shape index (κ3) is 4.07. The molecule has 1 aromatic carbocycles. The zero-order chi connectivity index (χ0) is 16.2. The van der Waals surface area contributed by atoms with E-state index in [0.29, 0.717) is 17.4 Å². The number of hydrogen-bond acceptors (Lipinski definition) is 5. The quantitative estimate of drug-likeness (QED) is 0.848. The molecule has 2 aromatic rings. The summed E-state index contributed by atoms with van der Waals surface area (Å²) < 4.78 is 18.6. The molecule has 0 N–H and O–H groups in total. The summed E-state index contributed by atoms with van der Waals surface area (Å²) in [7, 11) is 0. The molecule has 0 atom stereocenters. The van der Waals surface area contributed by atoms with Gasteiger partial charge in [-0.3, -0.25) is 4.90 Å². The van der Waals surface area contributed by atoms with Crippen molar-refractivity contribution < 1.29 is 8.91 Å². The smallest absolute Gasteiger partial charge is 0.322 e. The van der Waals surface area contributed by atoms with E-state index < -0.39 is 0 Å². The molecule has 5 nitrogen and oxygen atoms in total. The van der Waals surface area contributed by atoms with Gasteiger partial charge >= 0.3 is 6.01 Å². The number of hydrogen-bond donors (Lipinski definition) is 0. The first-order chi connectivity index (χ1) is 11.1. The van der Waals surface area contributed by atoms with E-state index in [4.69, 9.17) is 4.52 Å². The molecule has 3 rings (SSSR count). The van der Waals surface area contributed by atoms with Crippen molar-refractivity contribution in [1.29, 1.82) is 0 Å². The lowest BCUT2D eigenvalue weighted by molar-refractivity contribution is 0.237. The second-order valence-corrected chi connectivity index (χ2v) is 6.42. The van der Waals surface area contributed by atoms with Gasteiger partial charge in [0.2, 0.25) is 5.82 Å². The highest BCUT2D eigenvalue weighted by Gasteiger charge is 2.21. The van der Waals surface area contributed by atoms with Crippen LogP contribution in [0, 0.1) is 11.7 Å². The fourth-order valence-corrected chi connectivity index (χ4v) is 2.69. The van der Waals surface area contributed by atoms with Crippen molar-refractivity contribution in [2.24, 2.45) is 5.92 Å². The van der Waals surface area contributed by atoms with Crippen LogP contribution in [0.4, 0.5) is 10.4 Å². The molecule has 0 unspecified atom stereocenters. The fourth-order valence-electron chi connectivity index (χ4n) is 2.69. The van der Waals surface area contributed by atoms with Crippen LogP contribution >= 0.6 is 0 Å². The van der Waals surface area contributed by atoms with Crippen LogP contribution < -0.4 is 4.90 Å². The molecule has 1 aliphatic rings. The Morgan fingerprint density at radius 1 is 1.22 bits per heavy atom. The maximum Gasteiger partial charge on any atom is 0.324 e. The van der Waals surface area contributed by atoms with E-state index in [-0.39, 0.29) is 5.82 Å². The predicted molar refractivity (Wildman–Crippen MR) is 87.8 cm³/mol. The van der Waals surface area contributed by atoms with Crippen molar-refractivity contribution in [2.45, 2.75) is 20.3 Å². The predicted octanol–water partition coefficient (Wildman–Crippen LogP) is 3.04. The van der Waals surface area contributed by atoms with Crippen molar-refractivity contribution in [1.82, 2.24) is 15.0 Å². The van der Waals surface area contributed by atoms with E-state index >= 15 is 0 Å². The van der Waals surface area contributed by atoms with Gasteiger partial charge in [-0.25, -0.2) is 4.39 Å². The van der Waals surface area contributed by atoms with E-state index in [1.807, 2.05) is 0 Å². The van der Waals surface area contributed by atoms with Crippen LogP contribution in [0.15, 0.2) is 28.8 Å². The summed E-state index contributed by atoms with van der Waals surface area (Å²) in [4.78, 5) is 8.98. The highest BCUT2D eigenvalue weighted by Crippen LogP contribution is 2.21. The van der Waals surface area contributed by atoms with Crippen LogP contribution in [0.25, 0.3) is 11.4 Å². The Hall–Kier alpha value is -1.95. The standard InChI is InChI=1S/C17H23FN4O/c1-13(2)6-7-21-8-10-22(11-9-21)17-19-16(20-23-17)14-4-3-5-15(18)12-14/h3-5,12-13H,6-11H2,1-2H3. The van der Waals surface area contributed by atoms with Gasteiger partial charge in [0.05, 0.1) is 0 Å². The van der Waals surface area contributed by atoms with E-state index in [9.17, 15) is 4.39 Å². The van der Waals surface area contributed by atoms with Crippen molar-refractivity contribution in [3.63, 3.8) is 0 Å². The summed E-state index contributed by atoms with van der Waals surface area (Å²) in [6.07, 6.45) is 1.23. The minimum absolute atomic E-state index is 0.299. The van der Waals surface area contributed by atoms with Crippen LogP contribution in [0.5, 0.6) is 0 Å². The largest absolute Gasteiger partial charge is 0.324 e. The first kappa shape index (κ1) is 15.9. The molecule has 1 aliphatic heterocycles. The van der Waals surface area contributed by atoms with Gasteiger partial charge in [-0.2, -0.15) is 4.98 Å². The van der Waals surface area contributed by atoms with E-state index in [2.05, 4.69) is 33.8 Å². The van der Waals surface area contributed by atoms with Crippen molar-refractivity contribution >= 4 is 6.01 Å². The average molecular weight is 318 g/mol. The molecule has 0 spiro atoms. The van der Waals surface area contributed by atoms with Gasteiger partial charge in [0.25, 0.3) is 0 Å². The number of halogens is 1. The maximum absolute atomic E-state index is 13.3. The Labute approximate surface area is 136 Å². The van der Waals surface area contributed by atoms with Crippen molar-refractivity contribution in [3.8, 4) is 11.4 Å². The Kier molecular flexibility index (Phi) is 4.91. The molecule has 1 fully saturated rings. The summed E-state index contributed by atoms with van der Waals surface area (Å²) in [5.41, 5.74) is 0.635. The first-order valence-corrected chi connectivity index (χ1v) is 8.19. The number of nitrogens with zero attached hydrogens (tertiary/aromatic N) is 4. The Morgan fingerprint density at radius 3 is 2.70 bits per heavy atom. The molecule has 0 bridgehead atoms. The minimum atomic E-state index is -0.299. The number of anilines is 1. The van der Waals surface area contributed by atoms with Crippen LogP contribution in [0.1, 0.15) is 20.3 Å². The summed E-state index contributed by atoms with van der Waals surface area (Å²) in [6.45, 7) is 9.41. The Bertz CT molecular complexity index is 635. The lowest BCUT2D eigenvalue weighted by atomic mass is 10.1. The van der Waals surface area contributed by atoms with Gasteiger partial charge in [0.1, 0.15) is 5.82 Å². The molecule has 124 valence electrons. The van der Waals surface area contributed by atoms with Gasteiger partial charge < -0.3 is 9.42 Å². The number of aromatic nitrogens is 2. The normalized spacial score (nSPS) is 16.3. The molecule has 6 heteroatoms. The van der Waals surface area contributed by atoms with Crippen LogP contribution in [-0.2, 0) is 0 Å². The number of benzene rings is 1. The molecule has 1 aromatic heterocycles. The van der Waals surface area contributed by atoms with E-state index in [0.717, 1.165) is 38.6 Å². The topological polar surface area (TPSA) is 45.4 Å². The molecule has 1 saturated heterocycles. The monoisotopic (exact) mass is 318 g/mol. The minimum Gasteiger partial charge on any atom is -0.322 e. The van der Waals surface area contributed by atoms with Crippen molar-refractivity contribution in [2.75, 3.05) is 37.6 Å². The SMILES string of the molecule is CC(C)CCN1CCN(c2nc(-c3cccc(F)c3)no2)CC1. The molecule has 2 heterocycles. The Morgan fingerprint density at radius 2 is 2.00 bits per heavy atom.